The number of nitrogens with zero attached hydrogens (tertiary/aromatic N) is 1. The minimum atomic E-state index is -0.723. The SMILES string of the molecule is CC1C(=O)NC(=O)CN1C(=O)C1Cc2cc(Cl)ccc2O1. The van der Waals surface area contributed by atoms with Crippen molar-refractivity contribution in [2.75, 3.05) is 6.54 Å². The van der Waals surface area contributed by atoms with Crippen LogP contribution in [-0.2, 0) is 20.8 Å². The van der Waals surface area contributed by atoms with Crippen LogP contribution in [0.5, 0.6) is 5.75 Å². The molecule has 2 atom stereocenters. The Labute approximate surface area is 126 Å². The predicted molar refractivity (Wildman–Crippen MR) is 73.9 cm³/mol. The average molecular weight is 309 g/mol. The number of benzene rings is 1. The normalized spacial score (nSPS) is 24.4. The van der Waals surface area contributed by atoms with E-state index in [1.807, 2.05) is 0 Å². The fraction of sp³-hybridized carbons (Fsp3) is 0.357. The second kappa shape index (κ2) is 5.04. The molecule has 3 rings (SSSR count). The number of imide groups is 1. The van der Waals surface area contributed by atoms with Gasteiger partial charge < -0.3 is 9.64 Å². The maximum Gasteiger partial charge on any atom is 0.265 e. The Morgan fingerprint density at radius 1 is 1.43 bits per heavy atom. The average Bonchev–Trinajstić information content (AvgIpc) is 2.85. The molecule has 3 amide bonds. The minimum absolute atomic E-state index is 0.136. The lowest BCUT2D eigenvalue weighted by atomic mass is 10.1. The van der Waals surface area contributed by atoms with Crippen molar-refractivity contribution in [2.45, 2.75) is 25.5 Å². The maximum absolute atomic E-state index is 12.5. The van der Waals surface area contributed by atoms with Gasteiger partial charge in [0.2, 0.25) is 11.8 Å². The molecule has 1 N–H and O–H groups in total. The lowest BCUT2D eigenvalue weighted by Crippen LogP contribution is -2.60. The van der Waals surface area contributed by atoms with E-state index in [9.17, 15) is 14.4 Å². The summed E-state index contributed by atoms with van der Waals surface area (Å²) in [6.45, 7) is 1.45. The monoisotopic (exact) mass is 308 g/mol. The van der Waals surface area contributed by atoms with Crippen LogP contribution in [-0.4, -0.2) is 41.3 Å². The van der Waals surface area contributed by atoms with Crippen LogP contribution < -0.4 is 10.1 Å². The molecule has 2 heterocycles. The van der Waals surface area contributed by atoms with E-state index in [2.05, 4.69) is 5.32 Å². The molecular formula is C14H13ClN2O4. The van der Waals surface area contributed by atoms with E-state index in [1.54, 1.807) is 25.1 Å². The van der Waals surface area contributed by atoms with E-state index < -0.39 is 24.0 Å². The minimum Gasteiger partial charge on any atom is -0.480 e. The van der Waals surface area contributed by atoms with Crippen LogP contribution in [0.2, 0.25) is 5.02 Å². The smallest absolute Gasteiger partial charge is 0.265 e. The standard InChI is InChI=1S/C14H13ClN2O4/c1-7-13(19)16-12(18)6-17(7)14(20)11-5-8-4-9(15)2-3-10(8)21-11/h2-4,7,11H,5-6H2,1H3,(H,16,18,19). The van der Waals surface area contributed by atoms with Crippen LogP contribution in [0.25, 0.3) is 0 Å². The summed E-state index contributed by atoms with van der Waals surface area (Å²) in [5.41, 5.74) is 0.848. The Kier molecular flexibility index (Phi) is 3.33. The Hall–Kier alpha value is -2.08. The molecule has 6 nitrogen and oxygen atoms in total. The molecule has 1 aromatic carbocycles. The van der Waals surface area contributed by atoms with E-state index in [4.69, 9.17) is 16.3 Å². The van der Waals surface area contributed by atoms with Crippen LogP contribution in [0.3, 0.4) is 0 Å². The molecule has 1 fully saturated rings. The molecule has 2 aliphatic heterocycles. The van der Waals surface area contributed by atoms with Gasteiger partial charge in [0.1, 0.15) is 18.3 Å². The first kappa shape index (κ1) is 13.9. The van der Waals surface area contributed by atoms with Gasteiger partial charge in [-0.15, -0.1) is 0 Å². The lowest BCUT2D eigenvalue weighted by Gasteiger charge is -2.33. The van der Waals surface area contributed by atoms with Crippen molar-refractivity contribution in [3.63, 3.8) is 0 Å². The van der Waals surface area contributed by atoms with E-state index in [0.717, 1.165) is 5.56 Å². The molecule has 7 heteroatoms. The first-order chi connectivity index (χ1) is 9.95. The number of carbonyl (C=O) groups is 3. The van der Waals surface area contributed by atoms with E-state index in [0.29, 0.717) is 17.2 Å². The van der Waals surface area contributed by atoms with Crippen molar-refractivity contribution in [3.8, 4) is 5.75 Å². The van der Waals surface area contributed by atoms with Crippen molar-refractivity contribution in [3.05, 3.63) is 28.8 Å². The molecule has 1 saturated heterocycles. The Morgan fingerprint density at radius 2 is 2.19 bits per heavy atom. The molecule has 2 unspecified atom stereocenters. The summed E-state index contributed by atoms with van der Waals surface area (Å²) in [4.78, 5) is 36.8. The van der Waals surface area contributed by atoms with Gasteiger partial charge in [0.25, 0.3) is 5.91 Å². The van der Waals surface area contributed by atoms with Crippen LogP contribution in [0, 0.1) is 0 Å². The number of carbonyl (C=O) groups excluding carboxylic acids is 3. The number of halogens is 1. The van der Waals surface area contributed by atoms with Crippen molar-refractivity contribution in [2.24, 2.45) is 0 Å². The fourth-order valence-corrected chi connectivity index (χ4v) is 2.72. The second-order valence-electron chi connectivity index (χ2n) is 5.12. The van der Waals surface area contributed by atoms with Gasteiger partial charge in [-0.2, -0.15) is 0 Å². The quantitative estimate of drug-likeness (QED) is 0.767. The summed E-state index contributed by atoms with van der Waals surface area (Å²) in [5, 5.41) is 2.77. The third kappa shape index (κ3) is 2.47. The van der Waals surface area contributed by atoms with Gasteiger partial charge in [-0.1, -0.05) is 11.6 Å². The van der Waals surface area contributed by atoms with E-state index >= 15 is 0 Å². The highest BCUT2D eigenvalue weighted by molar-refractivity contribution is 6.30. The van der Waals surface area contributed by atoms with Gasteiger partial charge in [-0.3, -0.25) is 19.7 Å². The third-order valence-corrected chi connectivity index (χ3v) is 3.91. The van der Waals surface area contributed by atoms with Crippen LogP contribution in [0.1, 0.15) is 12.5 Å². The van der Waals surface area contributed by atoms with Gasteiger partial charge in [0.05, 0.1) is 0 Å². The van der Waals surface area contributed by atoms with Gasteiger partial charge in [-0.25, -0.2) is 0 Å². The first-order valence-electron chi connectivity index (χ1n) is 6.55. The number of amides is 3. The molecule has 110 valence electrons. The first-order valence-corrected chi connectivity index (χ1v) is 6.93. The highest BCUT2D eigenvalue weighted by atomic mass is 35.5. The summed E-state index contributed by atoms with van der Waals surface area (Å²) in [6.07, 6.45) is -0.340. The largest absolute Gasteiger partial charge is 0.480 e. The molecule has 1 aromatic rings. The highest BCUT2D eigenvalue weighted by Gasteiger charge is 2.39. The summed E-state index contributed by atoms with van der Waals surface area (Å²) >= 11 is 5.91. The fourth-order valence-electron chi connectivity index (χ4n) is 2.52. The zero-order valence-corrected chi connectivity index (χ0v) is 12.0. The van der Waals surface area contributed by atoms with Gasteiger partial charge in [0, 0.05) is 11.4 Å². The van der Waals surface area contributed by atoms with Gasteiger partial charge >= 0.3 is 0 Å². The van der Waals surface area contributed by atoms with Crippen LogP contribution >= 0.6 is 11.6 Å². The molecule has 21 heavy (non-hydrogen) atoms. The number of fused-ring (bicyclic) bond motifs is 1. The molecule has 0 spiro atoms. The molecule has 0 saturated carbocycles. The lowest BCUT2D eigenvalue weighted by molar-refractivity contribution is -0.152. The van der Waals surface area contributed by atoms with Gasteiger partial charge in [0.15, 0.2) is 6.10 Å². The number of nitrogens with one attached hydrogen (secondary N) is 1. The molecule has 0 radical (unpaired) electrons. The summed E-state index contributed by atoms with van der Waals surface area (Å²) < 4.78 is 5.60. The predicted octanol–water partition coefficient (Wildman–Crippen LogP) is 0.517. The van der Waals surface area contributed by atoms with Gasteiger partial charge in [-0.05, 0) is 30.7 Å². The van der Waals surface area contributed by atoms with E-state index in [-0.39, 0.29) is 12.5 Å². The molecule has 0 bridgehead atoms. The molecule has 0 aliphatic carbocycles. The summed E-state index contributed by atoms with van der Waals surface area (Å²) in [7, 11) is 0. The summed E-state index contributed by atoms with van der Waals surface area (Å²) in [6, 6.07) is 4.46. The van der Waals surface area contributed by atoms with Crippen LogP contribution in [0.4, 0.5) is 0 Å². The van der Waals surface area contributed by atoms with Crippen molar-refractivity contribution in [1.29, 1.82) is 0 Å². The second-order valence-corrected chi connectivity index (χ2v) is 5.55. The zero-order chi connectivity index (χ0) is 15.1. The zero-order valence-electron chi connectivity index (χ0n) is 11.3. The number of hydrogen-bond acceptors (Lipinski definition) is 4. The Morgan fingerprint density at radius 3 is 2.95 bits per heavy atom. The Bertz CT molecular complexity index is 646. The molecule has 2 aliphatic rings. The molecule has 0 aromatic heterocycles. The maximum atomic E-state index is 12.5. The van der Waals surface area contributed by atoms with E-state index in [1.165, 1.54) is 4.90 Å². The Balaban J connectivity index is 1.78. The number of piperazine rings is 1. The molecular weight excluding hydrogens is 296 g/mol. The third-order valence-electron chi connectivity index (χ3n) is 3.68. The van der Waals surface area contributed by atoms with Crippen molar-refractivity contribution >= 4 is 29.3 Å². The number of hydrogen-bond donors (Lipinski definition) is 1. The van der Waals surface area contributed by atoms with Crippen LogP contribution in [0.15, 0.2) is 18.2 Å². The topological polar surface area (TPSA) is 75.7 Å². The highest BCUT2D eigenvalue weighted by Crippen LogP contribution is 2.32. The van der Waals surface area contributed by atoms with Crippen molar-refractivity contribution < 1.29 is 19.1 Å². The number of rotatable bonds is 1. The number of ether oxygens (including phenoxy) is 1. The van der Waals surface area contributed by atoms with Crippen molar-refractivity contribution in [1.82, 2.24) is 10.2 Å². The summed E-state index contributed by atoms with van der Waals surface area (Å²) in [5.74, 6) is -0.709.